The van der Waals surface area contributed by atoms with E-state index in [0.29, 0.717) is 12.6 Å². The van der Waals surface area contributed by atoms with Crippen molar-refractivity contribution in [2.45, 2.75) is 19.9 Å². The molecule has 0 bridgehead atoms. The molecule has 0 aliphatic rings. The quantitative estimate of drug-likeness (QED) is 0.465. The second-order valence-electron chi connectivity index (χ2n) is 1.84. The molecule has 0 aromatic rings. The summed E-state index contributed by atoms with van der Waals surface area (Å²) in [7, 11) is 0. The lowest BCUT2D eigenvalue weighted by molar-refractivity contribution is -0.672. The third kappa shape index (κ3) is 5.45. The van der Waals surface area contributed by atoms with Crippen LogP contribution >= 0.6 is 0 Å². The van der Waals surface area contributed by atoms with Crippen molar-refractivity contribution >= 4 is 0 Å². The monoisotopic (exact) mass is 99.1 g/mol. The molecule has 2 nitrogen and oxygen atoms in total. The van der Waals surface area contributed by atoms with Crippen molar-refractivity contribution in [3.8, 4) is 6.07 Å². The molecule has 0 heterocycles. The molecule has 0 saturated heterocycles. The Bertz CT molecular complexity index is 70.6. The summed E-state index contributed by atoms with van der Waals surface area (Å²) in [6.45, 7) is 4.71. The third-order valence-corrected chi connectivity index (χ3v) is 0.681. The van der Waals surface area contributed by atoms with E-state index in [2.05, 4.69) is 13.8 Å². The van der Waals surface area contributed by atoms with Gasteiger partial charge in [-0.15, -0.1) is 0 Å². The van der Waals surface area contributed by atoms with E-state index in [1.54, 1.807) is 0 Å². The molecular formula is C5H11N2+. The summed E-state index contributed by atoms with van der Waals surface area (Å²) < 4.78 is 0. The van der Waals surface area contributed by atoms with E-state index in [9.17, 15) is 0 Å². The Balaban J connectivity index is 2.86. The number of rotatable bonds is 2. The highest BCUT2D eigenvalue weighted by Crippen LogP contribution is 1.58. The van der Waals surface area contributed by atoms with Crippen LogP contribution in [0.5, 0.6) is 0 Å². The number of quaternary nitrogens is 1. The van der Waals surface area contributed by atoms with Gasteiger partial charge in [0, 0.05) is 0 Å². The highest BCUT2D eigenvalue weighted by Gasteiger charge is 1.89. The molecule has 0 aromatic carbocycles. The van der Waals surface area contributed by atoms with Crippen LogP contribution < -0.4 is 5.32 Å². The van der Waals surface area contributed by atoms with E-state index < -0.39 is 0 Å². The first-order valence-corrected chi connectivity index (χ1v) is 2.47. The minimum atomic E-state index is 0.555. The van der Waals surface area contributed by atoms with Crippen LogP contribution in [0.4, 0.5) is 0 Å². The van der Waals surface area contributed by atoms with Crippen molar-refractivity contribution in [3.05, 3.63) is 0 Å². The lowest BCUT2D eigenvalue weighted by Gasteiger charge is -1.95. The van der Waals surface area contributed by atoms with Gasteiger partial charge in [0.25, 0.3) is 0 Å². The molecule has 0 unspecified atom stereocenters. The van der Waals surface area contributed by atoms with Crippen molar-refractivity contribution < 1.29 is 5.32 Å². The summed E-state index contributed by atoms with van der Waals surface area (Å²) >= 11 is 0. The Morgan fingerprint density at radius 1 is 1.71 bits per heavy atom. The van der Waals surface area contributed by atoms with E-state index in [1.807, 2.05) is 11.4 Å². The maximum Gasteiger partial charge on any atom is 0.163 e. The molecule has 0 atom stereocenters. The molecule has 0 spiro atoms. The largest absolute Gasteiger partial charge is 0.332 e. The van der Waals surface area contributed by atoms with Gasteiger partial charge >= 0.3 is 0 Å². The van der Waals surface area contributed by atoms with Crippen LogP contribution in [0.15, 0.2) is 0 Å². The zero-order valence-electron chi connectivity index (χ0n) is 4.81. The summed E-state index contributed by atoms with van der Waals surface area (Å²) in [5.41, 5.74) is 0. The minimum absolute atomic E-state index is 0.555. The number of nitrogens with zero attached hydrogens (tertiary/aromatic N) is 1. The maximum absolute atomic E-state index is 8.03. The topological polar surface area (TPSA) is 40.4 Å². The van der Waals surface area contributed by atoms with Gasteiger partial charge in [-0.2, -0.15) is 5.26 Å². The molecule has 0 aliphatic carbocycles. The fraction of sp³-hybridized carbons (Fsp3) is 0.800. The highest BCUT2D eigenvalue weighted by molar-refractivity contribution is 4.63. The molecule has 7 heavy (non-hydrogen) atoms. The van der Waals surface area contributed by atoms with Crippen LogP contribution in [0, 0.1) is 11.3 Å². The molecule has 40 valence electrons. The molecule has 2 heteroatoms. The van der Waals surface area contributed by atoms with E-state index >= 15 is 0 Å². The second-order valence-corrected chi connectivity index (χ2v) is 1.84. The lowest BCUT2D eigenvalue weighted by atomic mass is 10.4. The van der Waals surface area contributed by atoms with Crippen LogP contribution in [0.3, 0.4) is 0 Å². The molecule has 0 aromatic heterocycles. The van der Waals surface area contributed by atoms with Crippen molar-refractivity contribution in [2.24, 2.45) is 0 Å². The van der Waals surface area contributed by atoms with Crippen molar-refractivity contribution in [3.63, 3.8) is 0 Å². The first-order valence-electron chi connectivity index (χ1n) is 2.47. The molecule has 0 amide bonds. The molecule has 0 radical (unpaired) electrons. The van der Waals surface area contributed by atoms with E-state index in [-0.39, 0.29) is 0 Å². The summed E-state index contributed by atoms with van der Waals surface area (Å²) in [6, 6.07) is 2.60. The summed E-state index contributed by atoms with van der Waals surface area (Å²) in [4.78, 5) is 0. The molecule has 0 saturated carbocycles. The first kappa shape index (κ1) is 6.45. The number of hydrogen-bond acceptors (Lipinski definition) is 1. The van der Waals surface area contributed by atoms with Gasteiger partial charge in [-0.3, -0.25) is 0 Å². The zero-order chi connectivity index (χ0) is 5.70. The Labute approximate surface area is 44.1 Å². The average Bonchev–Trinajstić information content (AvgIpc) is 1.61. The predicted octanol–water partition coefficient (Wildman–Crippen LogP) is -0.518. The third-order valence-electron chi connectivity index (χ3n) is 0.681. The standard InChI is InChI=1S/C5H10N2/c1-5(2)7-4-3-6/h5,7H,4H2,1-2H3/p+1. The van der Waals surface area contributed by atoms with Gasteiger partial charge in [0.05, 0.1) is 6.04 Å². The molecular weight excluding hydrogens is 88.1 g/mol. The van der Waals surface area contributed by atoms with Crippen LogP contribution in [-0.2, 0) is 0 Å². The Morgan fingerprint density at radius 3 is 2.43 bits per heavy atom. The Hall–Kier alpha value is -0.550. The van der Waals surface area contributed by atoms with Gasteiger partial charge in [0.2, 0.25) is 0 Å². The Kier molecular flexibility index (Phi) is 3.35. The van der Waals surface area contributed by atoms with Gasteiger partial charge in [-0.1, -0.05) is 0 Å². The van der Waals surface area contributed by atoms with E-state index in [0.717, 1.165) is 0 Å². The van der Waals surface area contributed by atoms with Crippen LogP contribution in [0.1, 0.15) is 13.8 Å². The maximum atomic E-state index is 8.03. The number of nitrogens with two attached hydrogens (primary N) is 1. The lowest BCUT2D eigenvalue weighted by Crippen LogP contribution is -2.88. The van der Waals surface area contributed by atoms with Crippen molar-refractivity contribution in [2.75, 3.05) is 6.54 Å². The van der Waals surface area contributed by atoms with Gasteiger partial charge in [-0.25, -0.2) is 0 Å². The first-order chi connectivity index (χ1) is 3.27. The van der Waals surface area contributed by atoms with Gasteiger partial charge in [-0.05, 0) is 13.8 Å². The average molecular weight is 99.2 g/mol. The molecule has 0 rings (SSSR count). The zero-order valence-corrected chi connectivity index (χ0v) is 4.81. The SMILES string of the molecule is CC(C)[NH2+]CC#N. The normalized spacial score (nSPS) is 8.86. The van der Waals surface area contributed by atoms with Crippen LogP contribution in [0.2, 0.25) is 0 Å². The predicted molar refractivity (Wildman–Crippen MR) is 27.5 cm³/mol. The molecule has 0 aliphatic heterocycles. The van der Waals surface area contributed by atoms with E-state index in [1.165, 1.54) is 0 Å². The Morgan fingerprint density at radius 2 is 2.29 bits per heavy atom. The molecule has 2 N–H and O–H groups in total. The number of hydrogen-bond donors (Lipinski definition) is 1. The van der Waals surface area contributed by atoms with Gasteiger partial charge in [0.15, 0.2) is 6.54 Å². The summed E-state index contributed by atoms with van der Waals surface area (Å²) in [5.74, 6) is 0. The summed E-state index contributed by atoms with van der Waals surface area (Å²) in [6.07, 6.45) is 0. The second kappa shape index (κ2) is 3.63. The van der Waals surface area contributed by atoms with Crippen LogP contribution in [0.25, 0.3) is 0 Å². The van der Waals surface area contributed by atoms with Gasteiger partial charge < -0.3 is 5.32 Å². The van der Waals surface area contributed by atoms with Crippen molar-refractivity contribution in [1.82, 2.24) is 0 Å². The molecule has 0 fully saturated rings. The fourth-order valence-corrected chi connectivity index (χ4v) is 0.288. The number of nitriles is 1. The van der Waals surface area contributed by atoms with Crippen LogP contribution in [-0.4, -0.2) is 12.6 Å². The minimum Gasteiger partial charge on any atom is -0.332 e. The summed E-state index contributed by atoms with van der Waals surface area (Å²) in [5, 5.41) is 10.0. The smallest absolute Gasteiger partial charge is 0.163 e. The fourth-order valence-electron chi connectivity index (χ4n) is 0.288. The van der Waals surface area contributed by atoms with E-state index in [4.69, 9.17) is 5.26 Å². The van der Waals surface area contributed by atoms with Crippen molar-refractivity contribution in [1.29, 1.82) is 5.26 Å². The highest BCUT2D eigenvalue weighted by atomic mass is 14.9. The van der Waals surface area contributed by atoms with Gasteiger partial charge in [0.1, 0.15) is 6.07 Å².